The Morgan fingerprint density at radius 2 is 1.77 bits per heavy atom. The maximum absolute atomic E-state index is 14.3. The smallest absolute Gasteiger partial charge is 0.272 e. The lowest BCUT2D eigenvalue weighted by Crippen LogP contribution is -2.30. The van der Waals surface area contributed by atoms with Gasteiger partial charge in [-0.05, 0) is 53.9 Å². The van der Waals surface area contributed by atoms with Crippen LogP contribution >= 0.6 is 11.6 Å². The van der Waals surface area contributed by atoms with Crippen LogP contribution in [-0.4, -0.2) is 16.8 Å². The summed E-state index contributed by atoms with van der Waals surface area (Å²) in [5.41, 5.74) is 1.57. The Hall–Kier alpha value is -3.90. The number of amides is 2. The summed E-state index contributed by atoms with van der Waals surface area (Å²) >= 11 is 6.11. The summed E-state index contributed by atoms with van der Waals surface area (Å²) in [4.78, 5) is 28.7. The highest BCUT2D eigenvalue weighted by atomic mass is 35.5. The van der Waals surface area contributed by atoms with Gasteiger partial charge >= 0.3 is 0 Å². The van der Waals surface area contributed by atoms with Gasteiger partial charge in [0.1, 0.15) is 11.5 Å². The number of hydrogen-bond acceptors (Lipinski definition) is 2. The summed E-state index contributed by atoms with van der Waals surface area (Å²) in [6, 6.07) is 19.9. The van der Waals surface area contributed by atoms with Crippen molar-refractivity contribution in [3.8, 4) is 0 Å². The summed E-state index contributed by atoms with van der Waals surface area (Å²) in [6.07, 6.45) is 3.02. The number of halogens is 2. The minimum atomic E-state index is -0.616. The molecule has 31 heavy (non-hydrogen) atoms. The van der Waals surface area contributed by atoms with E-state index in [4.69, 9.17) is 11.6 Å². The molecule has 1 heterocycles. The minimum Gasteiger partial charge on any atom is -0.361 e. The predicted octanol–water partition coefficient (Wildman–Crippen LogP) is 5.37. The number of fused-ring (bicyclic) bond motifs is 1. The zero-order chi connectivity index (χ0) is 21.8. The molecule has 2 amide bonds. The van der Waals surface area contributed by atoms with Crippen LogP contribution in [0.2, 0.25) is 5.02 Å². The number of hydrogen-bond donors (Lipinski definition) is 3. The monoisotopic (exact) mass is 433 g/mol. The fourth-order valence-electron chi connectivity index (χ4n) is 3.06. The van der Waals surface area contributed by atoms with E-state index >= 15 is 0 Å². The van der Waals surface area contributed by atoms with Crippen molar-refractivity contribution in [1.82, 2.24) is 10.3 Å². The Bertz CT molecular complexity index is 1280. The van der Waals surface area contributed by atoms with Crippen LogP contribution in [-0.2, 0) is 4.79 Å². The van der Waals surface area contributed by atoms with Crippen molar-refractivity contribution in [1.29, 1.82) is 0 Å². The van der Waals surface area contributed by atoms with E-state index in [1.807, 2.05) is 12.1 Å². The van der Waals surface area contributed by atoms with Crippen LogP contribution in [0.3, 0.4) is 0 Å². The van der Waals surface area contributed by atoms with E-state index in [0.29, 0.717) is 11.3 Å². The Kier molecular flexibility index (Phi) is 5.82. The van der Waals surface area contributed by atoms with Crippen molar-refractivity contribution in [3.63, 3.8) is 0 Å². The van der Waals surface area contributed by atoms with Gasteiger partial charge in [-0.2, -0.15) is 0 Å². The molecule has 0 radical (unpaired) electrons. The van der Waals surface area contributed by atoms with Crippen molar-refractivity contribution in [2.24, 2.45) is 0 Å². The number of aromatic nitrogens is 1. The number of benzene rings is 3. The molecule has 0 aliphatic rings. The van der Waals surface area contributed by atoms with E-state index in [9.17, 15) is 14.0 Å². The Morgan fingerprint density at radius 3 is 2.55 bits per heavy atom. The molecule has 0 aliphatic carbocycles. The number of nitrogens with one attached hydrogen (secondary N) is 3. The van der Waals surface area contributed by atoms with E-state index < -0.39 is 17.6 Å². The molecule has 0 aliphatic heterocycles. The number of carbonyl (C=O) groups excluding carboxylic acids is 2. The first-order valence-electron chi connectivity index (χ1n) is 9.42. The first-order chi connectivity index (χ1) is 15.0. The molecule has 154 valence electrons. The second-order valence-corrected chi connectivity index (χ2v) is 7.15. The van der Waals surface area contributed by atoms with Crippen LogP contribution in [0.15, 0.2) is 84.7 Å². The fraction of sp³-hybridized carbons (Fsp3) is 0. The number of rotatable bonds is 5. The third-order valence-electron chi connectivity index (χ3n) is 4.63. The van der Waals surface area contributed by atoms with E-state index in [1.54, 1.807) is 48.7 Å². The highest BCUT2D eigenvalue weighted by Crippen LogP contribution is 2.23. The normalized spacial score (nSPS) is 11.4. The largest absolute Gasteiger partial charge is 0.361 e. The van der Waals surface area contributed by atoms with Gasteiger partial charge in [0.25, 0.3) is 11.8 Å². The molecule has 4 rings (SSSR count). The van der Waals surface area contributed by atoms with Gasteiger partial charge in [0.15, 0.2) is 0 Å². The van der Waals surface area contributed by atoms with Gasteiger partial charge < -0.3 is 15.6 Å². The van der Waals surface area contributed by atoms with Gasteiger partial charge in [-0.15, -0.1) is 0 Å². The quantitative estimate of drug-likeness (QED) is 0.370. The predicted molar refractivity (Wildman–Crippen MR) is 120 cm³/mol. The lowest BCUT2D eigenvalue weighted by atomic mass is 10.1. The van der Waals surface area contributed by atoms with E-state index in [1.165, 1.54) is 24.3 Å². The first kappa shape index (κ1) is 20.4. The van der Waals surface area contributed by atoms with E-state index in [2.05, 4.69) is 15.6 Å². The van der Waals surface area contributed by atoms with Gasteiger partial charge in [-0.1, -0.05) is 41.9 Å². The van der Waals surface area contributed by atoms with Gasteiger partial charge in [0.05, 0.1) is 5.02 Å². The van der Waals surface area contributed by atoms with Crippen molar-refractivity contribution < 1.29 is 14.0 Å². The lowest BCUT2D eigenvalue weighted by Gasteiger charge is -2.12. The minimum absolute atomic E-state index is 0.00231. The zero-order valence-corrected chi connectivity index (χ0v) is 16.9. The molecular formula is C24H17ClFN3O2. The average molecular weight is 434 g/mol. The fourth-order valence-corrected chi connectivity index (χ4v) is 3.28. The summed E-state index contributed by atoms with van der Waals surface area (Å²) in [5.74, 6) is -1.73. The zero-order valence-electron chi connectivity index (χ0n) is 16.2. The molecule has 3 N–H and O–H groups in total. The molecule has 7 heteroatoms. The number of aromatic amines is 1. The van der Waals surface area contributed by atoms with E-state index in [0.717, 1.165) is 10.9 Å². The SMILES string of the molecule is O=C(Nc1ccc2cc[nH]c2c1)/C(=C\c1c(F)cccc1Cl)NC(=O)c1ccccc1. The molecule has 1 aromatic heterocycles. The number of carbonyl (C=O) groups is 2. The second kappa shape index (κ2) is 8.85. The third-order valence-corrected chi connectivity index (χ3v) is 4.96. The lowest BCUT2D eigenvalue weighted by molar-refractivity contribution is -0.113. The highest BCUT2D eigenvalue weighted by Gasteiger charge is 2.17. The Balaban J connectivity index is 1.67. The van der Waals surface area contributed by atoms with Crippen LogP contribution in [0.4, 0.5) is 10.1 Å². The van der Waals surface area contributed by atoms with E-state index in [-0.39, 0.29) is 16.3 Å². The average Bonchev–Trinajstić information content (AvgIpc) is 3.24. The van der Waals surface area contributed by atoms with Crippen LogP contribution in [0, 0.1) is 5.82 Å². The Labute approximate surface area is 182 Å². The summed E-state index contributed by atoms with van der Waals surface area (Å²) in [6.45, 7) is 0. The van der Waals surface area contributed by atoms with Crippen LogP contribution in [0.5, 0.6) is 0 Å². The molecule has 0 unspecified atom stereocenters. The van der Waals surface area contributed by atoms with Crippen LogP contribution < -0.4 is 10.6 Å². The molecule has 0 fully saturated rings. The van der Waals surface area contributed by atoms with Crippen molar-refractivity contribution in [3.05, 3.63) is 107 Å². The van der Waals surface area contributed by atoms with Gasteiger partial charge in [-0.3, -0.25) is 9.59 Å². The molecular weight excluding hydrogens is 417 g/mol. The number of H-pyrrole nitrogens is 1. The number of anilines is 1. The first-order valence-corrected chi connectivity index (χ1v) is 9.79. The molecule has 0 atom stereocenters. The van der Waals surface area contributed by atoms with Crippen molar-refractivity contribution in [2.75, 3.05) is 5.32 Å². The topological polar surface area (TPSA) is 74.0 Å². The molecule has 0 saturated heterocycles. The van der Waals surface area contributed by atoms with Crippen LogP contribution in [0.1, 0.15) is 15.9 Å². The third kappa shape index (κ3) is 4.65. The maximum Gasteiger partial charge on any atom is 0.272 e. The highest BCUT2D eigenvalue weighted by molar-refractivity contribution is 6.32. The standard InChI is InChI=1S/C24H17ClFN3O2/c25-19-7-4-8-20(26)18(19)14-22(29-23(30)16-5-2-1-3-6-16)24(31)28-17-10-9-15-11-12-27-21(15)13-17/h1-14,27H,(H,28,31)(H,29,30)/b22-14+. The van der Waals surface area contributed by atoms with Crippen LogP contribution in [0.25, 0.3) is 17.0 Å². The second-order valence-electron chi connectivity index (χ2n) is 6.75. The summed E-state index contributed by atoms with van der Waals surface area (Å²) in [7, 11) is 0. The molecule has 0 spiro atoms. The maximum atomic E-state index is 14.3. The molecule has 3 aromatic carbocycles. The van der Waals surface area contributed by atoms with Crippen molar-refractivity contribution >= 4 is 46.1 Å². The molecule has 5 nitrogen and oxygen atoms in total. The summed E-state index contributed by atoms with van der Waals surface area (Å²) < 4.78 is 14.3. The molecule has 4 aromatic rings. The van der Waals surface area contributed by atoms with Gasteiger partial charge in [0, 0.05) is 28.5 Å². The summed E-state index contributed by atoms with van der Waals surface area (Å²) in [5, 5.41) is 6.41. The van der Waals surface area contributed by atoms with Crippen molar-refractivity contribution in [2.45, 2.75) is 0 Å². The van der Waals surface area contributed by atoms with Gasteiger partial charge in [-0.25, -0.2) is 4.39 Å². The Morgan fingerprint density at radius 1 is 0.968 bits per heavy atom. The molecule has 0 bridgehead atoms. The van der Waals surface area contributed by atoms with Gasteiger partial charge in [0.2, 0.25) is 0 Å². The molecule has 0 saturated carbocycles.